The number of carbonyl (C=O) groups excluding carboxylic acids is 2. The molecule has 1 aliphatic heterocycles. The van der Waals surface area contributed by atoms with Crippen molar-refractivity contribution in [2.45, 2.75) is 44.2 Å². The van der Waals surface area contributed by atoms with Crippen molar-refractivity contribution in [2.24, 2.45) is 0 Å². The predicted octanol–water partition coefficient (Wildman–Crippen LogP) is 1.38. The third kappa shape index (κ3) is 4.58. The molecule has 0 radical (unpaired) electrons. The van der Waals surface area contributed by atoms with Gasteiger partial charge in [0, 0.05) is 19.3 Å². The third-order valence-corrected chi connectivity index (χ3v) is 3.70. The lowest BCUT2D eigenvalue weighted by atomic mass is 9.92. The van der Waals surface area contributed by atoms with E-state index in [1.54, 1.807) is 0 Å². The van der Waals surface area contributed by atoms with Crippen molar-refractivity contribution in [1.82, 2.24) is 10.6 Å². The monoisotopic (exact) mass is 304 g/mol. The summed E-state index contributed by atoms with van der Waals surface area (Å²) in [4.78, 5) is 34.0. The molecule has 6 heteroatoms. The van der Waals surface area contributed by atoms with Gasteiger partial charge in [0.25, 0.3) is 0 Å². The molecule has 0 bridgehead atoms. The maximum absolute atomic E-state index is 11.9. The van der Waals surface area contributed by atoms with Crippen LogP contribution in [0.2, 0.25) is 0 Å². The molecule has 2 rings (SSSR count). The van der Waals surface area contributed by atoms with E-state index in [0.717, 1.165) is 5.56 Å². The zero-order chi connectivity index (χ0) is 15.9. The Morgan fingerprint density at radius 2 is 1.95 bits per heavy atom. The fourth-order valence-electron chi connectivity index (χ4n) is 2.61. The second-order valence-electron chi connectivity index (χ2n) is 5.42. The number of rotatable bonds is 6. The Kier molecular flexibility index (Phi) is 5.52. The normalized spacial score (nSPS) is 21.0. The lowest BCUT2D eigenvalue weighted by Crippen LogP contribution is -2.50. The van der Waals surface area contributed by atoms with E-state index in [1.807, 2.05) is 30.3 Å². The first kappa shape index (κ1) is 16.0. The van der Waals surface area contributed by atoms with E-state index in [0.29, 0.717) is 19.3 Å². The number of aliphatic carboxylic acids is 1. The summed E-state index contributed by atoms with van der Waals surface area (Å²) in [5.41, 5.74) is 0.950. The largest absolute Gasteiger partial charge is 0.481 e. The molecule has 0 spiro atoms. The number of carboxylic acid groups (broad SMARTS) is 1. The Balaban J connectivity index is 1.96. The van der Waals surface area contributed by atoms with Crippen LogP contribution in [-0.4, -0.2) is 28.9 Å². The minimum atomic E-state index is -0.903. The van der Waals surface area contributed by atoms with Gasteiger partial charge in [-0.05, 0) is 18.4 Å². The standard InChI is InChI=1S/C16H20N2O4/c19-13(7-4-8-15(21)22)17-12-9-10-14(20)18-16(12)11-5-2-1-3-6-11/h1-3,5-6,12,16H,4,7-10H2,(H,17,19)(H,18,20)(H,21,22). The van der Waals surface area contributed by atoms with E-state index in [4.69, 9.17) is 5.11 Å². The average molecular weight is 304 g/mol. The molecule has 1 aliphatic rings. The van der Waals surface area contributed by atoms with Crippen LogP contribution in [0.4, 0.5) is 0 Å². The van der Waals surface area contributed by atoms with Gasteiger partial charge in [-0.15, -0.1) is 0 Å². The minimum absolute atomic E-state index is 0.0169. The first-order chi connectivity index (χ1) is 10.6. The Morgan fingerprint density at radius 3 is 2.64 bits per heavy atom. The zero-order valence-corrected chi connectivity index (χ0v) is 12.2. The van der Waals surface area contributed by atoms with Crippen molar-refractivity contribution < 1.29 is 19.5 Å². The molecule has 1 aromatic rings. The Morgan fingerprint density at radius 1 is 1.23 bits per heavy atom. The van der Waals surface area contributed by atoms with Crippen LogP contribution >= 0.6 is 0 Å². The molecular weight excluding hydrogens is 284 g/mol. The molecule has 6 nitrogen and oxygen atoms in total. The zero-order valence-electron chi connectivity index (χ0n) is 12.2. The summed E-state index contributed by atoms with van der Waals surface area (Å²) in [6.45, 7) is 0. The van der Waals surface area contributed by atoms with Crippen LogP contribution in [0.3, 0.4) is 0 Å². The van der Waals surface area contributed by atoms with Crippen LogP contribution in [0.5, 0.6) is 0 Å². The number of benzene rings is 1. The number of carbonyl (C=O) groups is 3. The lowest BCUT2D eigenvalue weighted by Gasteiger charge is -2.33. The van der Waals surface area contributed by atoms with Gasteiger partial charge >= 0.3 is 5.97 Å². The molecule has 1 heterocycles. The number of hydrogen-bond acceptors (Lipinski definition) is 3. The van der Waals surface area contributed by atoms with Crippen LogP contribution in [0.15, 0.2) is 30.3 Å². The van der Waals surface area contributed by atoms with Gasteiger partial charge in [0.2, 0.25) is 11.8 Å². The van der Waals surface area contributed by atoms with Gasteiger partial charge in [-0.25, -0.2) is 0 Å². The van der Waals surface area contributed by atoms with E-state index < -0.39 is 5.97 Å². The summed E-state index contributed by atoms with van der Waals surface area (Å²) in [5.74, 6) is -1.10. The molecule has 0 aliphatic carbocycles. The second kappa shape index (κ2) is 7.59. The van der Waals surface area contributed by atoms with Crippen LogP contribution in [-0.2, 0) is 14.4 Å². The van der Waals surface area contributed by atoms with Crippen molar-refractivity contribution in [3.8, 4) is 0 Å². The summed E-state index contributed by atoms with van der Waals surface area (Å²) in [6.07, 6.45) is 1.44. The molecule has 1 saturated heterocycles. The fourth-order valence-corrected chi connectivity index (χ4v) is 2.61. The summed E-state index contributed by atoms with van der Waals surface area (Å²) < 4.78 is 0. The highest BCUT2D eigenvalue weighted by Crippen LogP contribution is 2.24. The van der Waals surface area contributed by atoms with Crippen LogP contribution in [0.25, 0.3) is 0 Å². The molecule has 2 amide bonds. The summed E-state index contributed by atoms with van der Waals surface area (Å²) in [6, 6.07) is 9.10. The number of piperidine rings is 1. The van der Waals surface area contributed by atoms with Crippen LogP contribution in [0.1, 0.15) is 43.7 Å². The first-order valence-corrected chi connectivity index (χ1v) is 7.41. The first-order valence-electron chi connectivity index (χ1n) is 7.41. The van der Waals surface area contributed by atoms with E-state index in [1.165, 1.54) is 0 Å². The Hall–Kier alpha value is -2.37. The highest BCUT2D eigenvalue weighted by atomic mass is 16.4. The van der Waals surface area contributed by atoms with Gasteiger partial charge in [0.15, 0.2) is 0 Å². The molecule has 3 N–H and O–H groups in total. The van der Waals surface area contributed by atoms with Gasteiger partial charge in [-0.3, -0.25) is 14.4 Å². The Labute approximate surface area is 128 Å². The van der Waals surface area contributed by atoms with E-state index in [-0.39, 0.29) is 36.7 Å². The molecular formula is C16H20N2O4. The van der Waals surface area contributed by atoms with Crippen LogP contribution < -0.4 is 10.6 Å². The average Bonchev–Trinajstić information content (AvgIpc) is 2.49. The molecule has 0 aromatic heterocycles. The van der Waals surface area contributed by atoms with Crippen molar-refractivity contribution in [2.75, 3.05) is 0 Å². The predicted molar refractivity (Wildman–Crippen MR) is 80.0 cm³/mol. The molecule has 1 aromatic carbocycles. The summed E-state index contributed by atoms with van der Waals surface area (Å²) in [7, 11) is 0. The molecule has 2 unspecified atom stereocenters. The topological polar surface area (TPSA) is 95.5 Å². The van der Waals surface area contributed by atoms with Crippen LogP contribution in [0, 0.1) is 0 Å². The molecule has 22 heavy (non-hydrogen) atoms. The molecule has 2 atom stereocenters. The fraction of sp³-hybridized carbons (Fsp3) is 0.438. The smallest absolute Gasteiger partial charge is 0.303 e. The maximum Gasteiger partial charge on any atom is 0.303 e. The number of carboxylic acids is 1. The number of nitrogens with one attached hydrogen (secondary N) is 2. The number of amides is 2. The van der Waals surface area contributed by atoms with E-state index in [9.17, 15) is 14.4 Å². The minimum Gasteiger partial charge on any atom is -0.481 e. The van der Waals surface area contributed by atoms with Gasteiger partial charge < -0.3 is 15.7 Å². The van der Waals surface area contributed by atoms with Crippen molar-refractivity contribution >= 4 is 17.8 Å². The maximum atomic E-state index is 11.9. The molecule has 118 valence electrons. The SMILES string of the molecule is O=C(O)CCCC(=O)NC1CCC(=O)NC1c1ccccc1. The van der Waals surface area contributed by atoms with Gasteiger partial charge in [0.05, 0.1) is 12.1 Å². The van der Waals surface area contributed by atoms with Gasteiger partial charge in [-0.1, -0.05) is 30.3 Å². The second-order valence-corrected chi connectivity index (χ2v) is 5.42. The highest BCUT2D eigenvalue weighted by molar-refractivity contribution is 5.80. The van der Waals surface area contributed by atoms with Crippen molar-refractivity contribution in [3.63, 3.8) is 0 Å². The molecule has 0 saturated carbocycles. The van der Waals surface area contributed by atoms with Crippen molar-refractivity contribution in [1.29, 1.82) is 0 Å². The molecule has 1 fully saturated rings. The van der Waals surface area contributed by atoms with Crippen molar-refractivity contribution in [3.05, 3.63) is 35.9 Å². The Bertz CT molecular complexity index is 544. The van der Waals surface area contributed by atoms with E-state index >= 15 is 0 Å². The quantitative estimate of drug-likeness (QED) is 0.740. The lowest BCUT2D eigenvalue weighted by molar-refractivity contribution is -0.137. The van der Waals surface area contributed by atoms with Gasteiger partial charge in [-0.2, -0.15) is 0 Å². The summed E-state index contributed by atoms with van der Waals surface area (Å²) >= 11 is 0. The van der Waals surface area contributed by atoms with E-state index in [2.05, 4.69) is 10.6 Å². The third-order valence-electron chi connectivity index (χ3n) is 3.70. The summed E-state index contributed by atoms with van der Waals surface area (Å²) in [5, 5.41) is 14.4. The number of hydrogen-bond donors (Lipinski definition) is 3. The highest BCUT2D eigenvalue weighted by Gasteiger charge is 2.30. The van der Waals surface area contributed by atoms with Gasteiger partial charge in [0.1, 0.15) is 0 Å².